The molecule has 0 aliphatic heterocycles. The number of aromatic nitrogens is 2. The zero-order valence-electron chi connectivity index (χ0n) is 9.49. The lowest BCUT2D eigenvalue weighted by molar-refractivity contribution is 0.369. The Hall–Kier alpha value is -1.20. The van der Waals surface area contributed by atoms with Crippen LogP contribution in [0.15, 0.2) is 16.0 Å². The van der Waals surface area contributed by atoms with Crippen LogP contribution < -0.4 is 5.32 Å². The van der Waals surface area contributed by atoms with Gasteiger partial charge in [-0.2, -0.15) is 0 Å². The van der Waals surface area contributed by atoms with Crippen molar-refractivity contribution in [2.75, 3.05) is 0 Å². The number of rotatable bonds is 5. The molecular weight excluding hydrogens is 222 g/mol. The summed E-state index contributed by atoms with van der Waals surface area (Å²) in [5.74, 6) is 0.864. The van der Waals surface area contributed by atoms with Gasteiger partial charge in [-0.3, -0.25) is 0 Å². The van der Waals surface area contributed by atoms with E-state index in [1.54, 1.807) is 11.3 Å². The molecule has 0 fully saturated rings. The third-order valence-electron chi connectivity index (χ3n) is 2.18. The van der Waals surface area contributed by atoms with Crippen molar-refractivity contribution in [2.45, 2.75) is 33.4 Å². The van der Waals surface area contributed by atoms with Crippen molar-refractivity contribution in [3.63, 3.8) is 0 Å². The molecule has 2 rings (SSSR count). The number of thiazole rings is 1. The minimum Gasteiger partial charge on any atom is -0.360 e. The second-order valence-corrected chi connectivity index (χ2v) is 4.57. The molecule has 0 aliphatic carbocycles. The van der Waals surface area contributed by atoms with Crippen molar-refractivity contribution in [3.05, 3.63) is 33.6 Å². The Kier molecular flexibility index (Phi) is 3.69. The highest BCUT2D eigenvalue weighted by atomic mass is 32.1. The quantitative estimate of drug-likeness (QED) is 0.867. The number of hydrogen-bond acceptors (Lipinski definition) is 5. The Balaban J connectivity index is 1.79. The van der Waals surface area contributed by atoms with E-state index in [4.69, 9.17) is 4.52 Å². The van der Waals surface area contributed by atoms with E-state index in [0.29, 0.717) is 6.54 Å². The van der Waals surface area contributed by atoms with E-state index in [1.807, 2.05) is 13.0 Å². The first kappa shape index (κ1) is 11.3. The largest absolute Gasteiger partial charge is 0.360 e. The zero-order chi connectivity index (χ0) is 11.4. The molecule has 86 valence electrons. The smallest absolute Gasteiger partial charge is 0.150 e. The third kappa shape index (κ3) is 2.90. The van der Waals surface area contributed by atoms with Gasteiger partial charge in [0, 0.05) is 18.0 Å². The van der Waals surface area contributed by atoms with Gasteiger partial charge in [0.05, 0.1) is 22.9 Å². The number of hydrogen-bond donors (Lipinski definition) is 1. The predicted octanol–water partition coefficient (Wildman–Crippen LogP) is 2.29. The van der Waals surface area contributed by atoms with Gasteiger partial charge < -0.3 is 9.84 Å². The molecule has 16 heavy (non-hydrogen) atoms. The van der Waals surface area contributed by atoms with Crippen molar-refractivity contribution in [3.8, 4) is 0 Å². The van der Waals surface area contributed by atoms with Gasteiger partial charge in [-0.15, -0.1) is 11.3 Å². The maximum Gasteiger partial charge on any atom is 0.150 e. The molecule has 2 heterocycles. The molecule has 0 saturated heterocycles. The van der Waals surface area contributed by atoms with Crippen LogP contribution in [0.1, 0.15) is 29.1 Å². The maximum absolute atomic E-state index is 5.10. The van der Waals surface area contributed by atoms with E-state index < -0.39 is 0 Å². The van der Waals surface area contributed by atoms with Gasteiger partial charge in [0.1, 0.15) is 0 Å². The van der Waals surface area contributed by atoms with Gasteiger partial charge in [-0.05, 0) is 13.3 Å². The van der Waals surface area contributed by atoms with Crippen LogP contribution in [0.5, 0.6) is 0 Å². The highest BCUT2D eigenvalue weighted by Gasteiger charge is 2.02. The number of nitrogens with one attached hydrogen (secondary N) is 1. The summed E-state index contributed by atoms with van der Waals surface area (Å²) >= 11 is 1.71. The zero-order valence-corrected chi connectivity index (χ0v) is 10.3. The Bertz CT molecular complexity index is 450. The predicted molar refractivity (Wildman–Crippen MR) is 63.3 cm³/mol. The standard InChI is InChI=1S/C11H15N3OS/c1-3-11-13-9(7-16-11)5-12-6-10-4-8(2)14-15-10/h4,7,12H,3,5-6H2,1-2H3. The molecule has 0 aliphatic rings. The second kappa shape index (κ2) is 5.23. The lowest BCUT2D eigenvalue weighted by Gasteiger charge is -1.98. The normalized spacial score (nSPS) is 10.9. The average Bonchev–Trinajstić information content (AvgIpc) is 2.88. The average molecular weight is 237 g/mol. The molecule has 0 amide bonds. The van der Waals surface area contributed by atoms with Crippen molar-refractivity contribution < 1.29 is 4.52 Å². The Morgan fingerprint density at radius 3 is 2.94 bits per heavy atom. The van der Waals surface area contributed by atoms with Crippen molar-refractivity contribution in [1.29, 1.82) is 0 Å². The van der Waals surface area contributed by atoms with Gasteiger partial charge in [0.15, 0.2) is 5.76 Å². The molecule has 0 aromatic carbocycles. The Labute approximate surface area is 98.7 Å². The van der Waals surface area contributed by atoms with Crippen LogP contribution in [-0.4, -0.2) is 10.1 Å². The van der Waals surface area contributed by atoms with E-state index in [0.717, 1.165) is 30.1 Å². The topological polar surface area (TPSA) is 51.0 Å². The summed E-state index contributed by atoms with van der Waals surface area (Å²) in [5, 5.41) is 10.4. The second-order valence-electron chi connectivity index (χ2n) is 3.62. The fraction of sp³-hybridized carbons (Fsp3) is 0.455. The molecule has 1 N–H and O–H groups in total. The SMILES string of the molecule is CCc1nc(CNCc2cc(C)no2)cs1. The van der Waals surface area contributed by atoms with Crippen LogP contribution in [-0.2, 0) is 19.5 Å². The molecule has 0 saturated carbocycles. The van der Waals surface area contributed by atoms with Gasteiger partial charge in [0.25, 0.3) is 0 Å². The molecular formula is C11H15N3OS. The molecule has 2 aromatic heterocycles. The minimum absolute atomic E-state index is 0.694. The number of aryl methyl sites for hydroxylation is 2. The van der Waals surface area contributed by atoms with E-state index >= 15 is 0 Å². The van der Waals surface area contributed by atoms with E-state index in [9.17, 15) is 0 Å². The van der Waals surface area contributed by atoms with E-state index in [2.05, 4.69) is 27.8 Å². The highest BCUT2D eigenvalue weighted by Crippen LogP contribution is 2.10. The van der Waals surface area contributed by atoms with Gasteiger partial charge in [0.2, 0.25) is 0 Å². The van der Waals surface area contributed by atoms with Crippen molar-refractivity contribution in [1.82, 2.24) is 15.5 Å². The summed E-state index contributed by atoms with van der Waals surface area (Å²) in [6.45, 7) is 5.50. The van der Waals surface area contributed by atoms with Crippen molar-refractivity contribution in [2.24, 2.45) is 0 Å². The van der Waals surface area contributed by atoms with Crippen LogP contribution in [0.2, 0.25) is 0 Å². The first-order chi connectivity index (χ1) is 7.78. The summed E-state index contributed by atoms with van der Waals surface area (Å²) in [6.07, 6.45) is 1.01. The van der Waals surface area contributed by atoms with Crippen LogP contribution in [0.4, 0.5) is 0 Å². The molecule has 0 spiro atoms. The van der Waals surface area contributed by atoms with Gasteiger partial charge in [-0.25, -0.2) is 4.98 Å². The fourth-order valence-corrected chi connectivity index (χ4v) is 2.15. The fourth-order valence-electron chi connectivity index (χ4n) is 1.41. The van der Waals surface area contributed by atoms with Crippen molar-refractivity contribution >= 4 is 11.3 Å². The molecule has 4 nitrogen and oxygen atoms in total. The van der Waals surface area contributed by atoms with Crippen LogP contribution >= 0.6 is 11.3 Å². The molecule has 0 unspecified atom stereocenters. The first-order valence-corrected chi connectivity index (χ1v) is 6.22. The minimum atomic E-state index is 0.694. The summed E-state index contributed by atoms with van der Waals surface area (Å²) < 4.78 is 5.10. The Morgan fingerprint density at radius 2 is 2.31 bits per heavy atom. The molecule has 5 heteroatoms. The van der Waals surface area contributed by atoms with Gasteiger partial charge >= 0.3 is 0 Å². The van der Waals surface area contributed by atoms with Crippen LogP contribution in [0, 0.1) is 6.92 Å². The number of nitrogens with zero attached hydrogens (tertiary/aromatic N) is 2. The maximum atomic E-state index is 5.10. The molecule has 0 radical (unpaired) electrons. The van der Waals surface area contributed by atoms with Crippen LogP contribution in [0.3, 0.4) is 0 Å². The highest BCUT2D eigenvalue weighted by molar-refractivity contribution is 7.09. The summed E-state index contributed by atoms with van der Waals surface area (Å²) in [5.41, 5.74) is 2.01. The van der Waals surface area contributed by atoms with E-state index in [1.165, 1.54) is 5.01 Å². The summed E-state index contributed by atoms with van der Waals surface area (Å²) in [7, 11) is 0. The summed E-state index contributed by atoms with van der Waals surface area (Å²) in [4.78, 5) is 4.47. The Morgan fingerprint density at radius 1 is 1.44 bits per heavy atom. The monoisotopic (exact) mass is 237 g/mol. The lowest BCUT2D eigenvalue weighted by Crippen LogP contribution is -2.12. The van der Waals surface area contributed by atoms with Crippen LogP contribution in [0.25, 0.3) is 0 Å². The first-order valence-electron chi connectivity index (χ1n) is 5.34. The lowest BCUT2D eigenvalue weighted by atomic mass is 10.4. The van der Waals surface area contributed by atoms with E-state index in [-0.39, 0.29) is 0 Å². The van der Waals surface area contributed by atoms with Gasteiger partial charge in [-0.1, -0.05) is 12.1 Å². The third-order valence-corrected chi connectivity index (χ3v) is 3.23. The molecule has 0 bridgehead atoms. The summed E-state index contributed by atoms with van der Waals surface area (Å²) in [6, 6.07) is 1.94. The molecule has 2 aromatic rings. The molecule has 0 atom stereocenters.